The van der Waals surface area contributed by atoms with Crippen LogP contribution in [0.3, 0.4) is 0 Å². The number of carbonyl (C=O) groups excluding carboxylic acids is 2. The second-order valence-electron chi connectivity index (χ2n) is 9.22. The molecule has 2 aromatic carbocycles. The first-order valence-corrected chi connectivity index (χ1v) is 11.5. The van der Waals surface area contributed by atoms with E-state index in [1.807, 2.05) is 31.2 Å². The molecule has 2 unspecified atom stereocenters. The van der Waals surface area contributed by atoms with Gasteiger partial charge in [-0.3, -0.25) is 4.79 Å². The minimum absolute atomic E-state index is 0.00763. The number of benzene rings is 2. The molecule has 1 aliphatic heterocycles. The number of morpholine rings is 1. The standard InChI is InChI=1S/C26H30N2O6/c1-17(13-23(29)28-11-12-34-26(2,16-28)24(30)31)14-27-25(32)33-15-22-20-9-5-3-7-18(20)19-8-4-6-10-21(19)22/h3-10,17,22H,11-16H2,1-2H3,(H,27,32)(H,30,31). The molecule has 2 N–H and O–H groups in total. The van der Waals surface area contributed by atoms with Crippen LogP contribution in [0.5, 0.6) is 0 Å². The van der Waals surface area contributed by atoms with Gasteiger partial charge >= 0.3 is 12.1 Å². The Labute approximate surface area is 198 Å². The molecule has 1 heterocycles. The lowest BCUT2D eigenvalue weighted by Crippen LogP contribution is -2.56. The van der Waals surface area contributed by atoms with E-state index in [0.717, 1.165) is 11.1 Å². The molecule has 0 bridgehead atoms. The highest BCUT2D eigenvalue weighted by molar-refractivity contribution is 5.81. The van der Waals surface area contributed by atoms with Crippen molar-refractivity contribution in [1.82, 2.24) is 10.2 Å². The lowest BCUT2D eigenvalue weighted by molar-refractivity contribution is -0.177. The maximum absolute atomic E-state index is 12.6. The monoisotopic (exact) mass is 466 g/mol. The summed E-state index contributed by atoms with van der Waals surface area (Å²) in [5, 5.41) is 12.1. The second kappa shape index (κ2) is 9.85. The van der Waals surface area contributed by atoms with Gasteiger partial charge in [0.1, 0.15) is 6.61 Å². The van der Waals surface area contributed by atoms with Gasteiger partial charge < -0.3 is 24.8 Å². The third kappa shape index (κ3) is 4.92. The number of hydrogen-bond acceptors (Lipinski definition) is 5. The van der Waals surface area contributed by atoms with Crippen molar-refractivity contribution in [2.75, 3.05) is 32.8 Å². The maximum atomic E-state index is 12.6. The van der Waals surface area contributed by atoms with Gasteiger partial charge in [-0.15, -0.1) is 0 Å². The minimum atomic E-state index is -1.39. The van der Waals surface area contributed by atoms with Crippen molar-refractivity contribution in [2.45, 2.75) is 31.8 Å². The van der Waals surface area contributed by atoms with Gasteiger partial charge in [0.15, 0.2) is 5.60 Å². The Balaban J connectivity index is 1.25. The summed E-state index contributed by atoms with van der Waals surface area (Å²) in [5.41, 5.74) is 3.24. The normalized spacial score (nSPS) is 20.2. The molecule has 0 saturated carbocycles. The molecule has 1 aliphatic carbocycles. The van der Waals surface area contributed by atoms with E-state index in [4.69, 9.17) is 9.47 Å². The molecule has 8 heteroatoms. The van der Waals surface area contributed by atoms with E-state index >= 15 is 0 Å². The zero-order chi connectivity index (χ0) is 24.3. The van der Waals surface area contributed by atoms with E-state index in [2.05, 4.69) is 29.6 Å². The van der Waals surface area contributed by atoms with E-state index in [-0.39, 0.29) is 50.5 Å². The second-order valence-corrected chi connectivity index (χ2v) is 9.22. The molecular formula is C26H30N2O6. The topological polar surface area (TPSA) is 105 Å². The number of aliphatic carboxylic acids is 1. The van der Waals surface area contributed by atoms with Gasteiger partial charge in [0, 0.05) is 25.4 Å². The Hall–Kier alpha value is -3.39. The number of amides is 2. The quantitative estimate of drug-likeness (QED) is 0.649. The summed E-state index contributed by atoms with van der Waals surface area (Å²) in [6, 6.07) is 16.3. The summed E-state index contributed by atoms with van der Waals surface area (Å²) in [5.74, 6) is -1.39. The van der Waals surface area contributed by atoms with Crippen LogP contribution in [0.25, 0.3) is 11.1 Å². The Bertz CT molecular complexity index is 1040. The first-order chi connectivity index (χ1) is 16.3. The van der Waals surface area contributed by atoms with Gasteiger partial charge in [0.2, 0.25) is 5.91 Å². The van der Waals surface area contributed by atoms with Crippen molar-refractivity contribution in [1.29, 1.82) is 0 Å². The van der Waals surface area contributed by atoms with Crippen molar-refractivity contribution < 1.29 is 29.0 Å². The Kier molecular flexibility index (Phi) is 6.88. The van der Waals surface area contributed by atoms with Crippen LogP contribution in [0.15, 0.2) is 48.5 Å². The first kappa shape index (κ1) is 23.8. The molecule has 1 fully saturated rings. The van der Waals surface area contributed by atoms with Gasteiger partial charge in [-0.05, 0) is 35.1 Å². The van der Waals surface area contributed by atoms with Crippen LogP contribution >= 0.6 is 0 Å². The number of carboxylic acids is 1. The molecule has 1 saturated heterocycles. The lowest BCUT2D eigenvalue weighted by atomic mass is 9.98. The summed E-state index contributed by atoms with van der Waals surface area (Å²) in [7, 11) is 0. The highest BCUT2D eigenvalue weighted by Gasteiger charge is 2.40. The van der Waals surface area contributed by atoms with Gasteiger partial charge in [0.25, 0.3) is 0 Å². The van der Waals surface area contributed by atoms with Crippen LogP contribution in [0.1, 0.15) is 37.3 Å². The minimum Gasteiger partial charge on any atom is -0.479 e. The van der Waals surface area contributed by atoms with E-state index in [1.165, 1.54) is 23.0 Å². The Morgan fingerprint density at radius 2 is 1.76 bits per heavy atom. The van der Waals surface area contributed by atoms with E-state index in [1.54, 1.807) is 0 Å². The Morgan fingerprint density at radius 1 is 1.15 bits per heavy atom. The zero-order valence-electron chi connectivity index (χ0n) is 19.5. The molecule has 0 spiro atoms. The van der Waals surface area contributed by atoms with E-state index in [0.29, 0.717) is 6.54 Å². The van der Waals surface area contributed by atoms with E-state index in [9.17, 15) is 19.5 Å². The number of fused-ring (bicyclic) bond motifs is 3. The highest BCUT2D eigenvalue weighted by Crippen LogP contribution is 2.44. The summed E-state index contributed by atoms with van der Waals surface area (Å²) < 4.78 is 10.9. The number of carboxylic acid groups (broad SMARTS) is 1. The number of alkyl carbamates (subject to hydrolysis) is 1. The Morgan fingerprint density at radius 3 is 2.38 bits per heavy atom. The van der Waals surface area contributed by atoms with Crippen molar-refractivity contribution in [3.8, 4) is 11.1 Å². The third-order valence-corrected chi connectivity index (χ3v) is 6.54. The average Bonchev–Trinajstić information content (AvgIpc) is 3.15. The molecular weight excluding hydrogens is 436 g/mol. The van der Waals surface area contributed by atoms with Gasteiger partial charge in [-0.1, -0.05) is 55.5 Å². The number of ether oxygens (including phenoxy) is 2. The van der Waals surface area contributed by atoms with Gasteiger partial charge in [-0.25, -0.2) is 9.59 Å². The highest BCUT2D eigenvalue weighted by atomic mass is 16.5. The third-order valence-electron chi connectivity index (χ3n) is 6.54. The molecule has 0 aromatic heterocycles. The summed E-state index contributed by atoms with van der Waals surface area (Å²) in [6.45, 7) is 4.38. The number of carbonyl (C=O) groups is 3. The fraction of sp³-hybridized carbons (Fsp3) is 0.423. The fourth-order valence-corrected chi connectivity index (χ4v) is 4.62. The smallest absolute Gasteiger partial charge is 0.407 e. The van der Waals surface area contributed by atoms with E-state index < -0.39 is 17.7 Å². The van der Waals surface area contributed by atoms with Crippen molar-refractivity contribution >= 4 is 18.0 Å². The number of nitrogens with zero attached hydrogens (tertiary/aromatic N) is 1. The summed E-state index contributed by atoms with van der Waals surface area (Å²) >= 11 is 0. The number of rotatable bonds is 7. The number of nitrogens with one attached hydrogen (secondary N) is 1. The predicted octanol–water partition coefficient (Wildman–Crippen LogP) is 3.25. The molecule has 2 atom stereocenters. The van der Waals surface area contributed by atoms with Crippen LogP contribution in [0.4, 0.5) is 4.79 Å². The predicted molar refractivity (Wildman–Crippen MR) is 125 cm³/mol. The van der Waals surface area contributed by atoms with Crippen LogP contribution in [0.2, 0.25) is 0 Å². The number of hydrogen-bond donors (Lipinski definition) is 2. The van der Waals surface area contributed by atoms with Gasteiger partial charge in [-0.2, -0.15) is 0 Å². The zero-order valence-corrected chi connectivity index (χ0v) is 19.5. The molecule has 0 radical (unpaired) electrons. The molecule has 2 amide bonds. The fourth-order valence-electron chi connectivity index (χ4n) is 4.62. The van der Waals surface area contributed by atoms with Crippen molar-refractivity contribution in [3.05, 3.63) is 59.7 Å². The lowest BCUT2D eigenvalue weighted by Gasteiger charge is -2.37. The molecule has 8 nitrogen and oxygen atoms in total. The van der Waals surface area contributed by atoms with Crippen molar-refractivity contribution in [2.24, 2.45) is 5.92 Å². The summed E-state index contributed by atoms with van der Waals surface area (Å²) in [4.78, 5) is 37.9. The SMILES string of the molecule is CC(CNC(=O)OCC1c2ccccc2-c2ccccc21)CC(=O)N1CCOC(C)(C(=O)O)C1. The van der Waals surface area contributed by atoms with Crippen LogP contribution < -0.4 is 5.32 Å². The maximum Gasteiger partial charge on any atom is 0.407 e. The average molecular weight is 467 g/mol. The van der Waals surface area contributed by atoms with Crippen molar-refractivity contribution in [3.63, 3.8) is 0 Å². The largest absolute Gasteiger partial charge is 0.479 e. The molecule has 34 heavy (non-hydrogen) atoms. The molecule has 4 rings (SSSR count). The first-order valence-electron chi connectivity index (χ1n) is 11.5. The molecule has 180 valence electrons. The molecule has 2 aliphatic rings. The summed E-state index contributed by atoms with van der Waals surface area (Å²) in [6.07, 6.45) is -0.328. The van der Waals surface area contributed by atoms with Gasteiger partial charge in [0.05, 0.1) is 13.2 Å². The van der Waals surface area contributed by atoms with Crippen LogP contribution in [-0.2, 0) is 19.1 Å². The molecule has 2 aromatic rings. The van der Waals surface area contributed by atoms with Crippen LogP contribution in [0, 0.1) is 5.92 Å². The van der Waals surface area contributed by atoms with Crippen LogP contribution in [-0.4, -0.2) is 66.4 Å².